The van der Waals surface area contributed by atoms with Crippen molar-refractivity contribution in [2.24, 2.45) is 0 Å². The number of pyridine rings is 1. The van der Waals surface area contributed by atoms with Gasteiger partial charge in [0.05, 0.1) is 24.6 Å². The van der Waals surface area contributed by atoms with Crippen molar-refractivity contribution in [2.75, 3.05) is 18.5 Å². The van der Waals surface area contributed by atoms with Gasteiger partial charge in [-0.05, 0) is 44.4 Å². The molecular weight excluding hydrogens is 330 g/mol. The molecule has 136 valence electrons. The van der Waals surface area contributed by atoms with E-state index in [4.69, 9.17) is 13.9 Å². The molecule has 26 heavy (non-hydrogen) atoms. The third-order valence-corrected chi connectivity index (χ3v) is 5.09. The summed E-state index contributed by atoms with van der Waals surface area (Å²) >= 11 is 0. The molecule has 6 nitrogen and oxygen atoms in total. The van der Waals surface area contributed by atoms with Gasteiger partial charge in [0.25, 0.3) is 5.82 Å². The van der Waals surface area contributed by atoms with Crippen molar-refractivity contribution < 1.29 is 18.9 Å². The van der Waals surface area contributed by atoms with Crippen LogP contribution in [0.15, 0.2) is 22.8 Å². The summed E-state index contributed by atoms with van der Waals surface area (Å²) in [5, 5.41) is 13.3. The van der Waals surface area contributed by atoms with E-state index in [1.165, 1.54) is 0 Å². The molecule has 1 atom stereocenters. The zero-order valence-corrected chi connectivity index (χ0v) is 15.2. The summed E-state index contributed by atoms with van der Waals surface area (Å²) < 4.78 is 17.3. The van der Waals surface area contributed by atoms with Crippen LogP contribution in [0.3, 0.4) is 0 Å². The number of nitrogens with one attached hydrogen (secondary N) is 2. The minimum absolute atomic E-state index is 0.192. The number of nitrogens with zero attached hydrogens (tertiary/aromatic N) is 1. The van der Waals surface area contributed by atoms with Crippen LogP contribution < -0.4 is 10.3 Å². The van der Waals surface area contributed by atoms with Gasteiger partial charge < -0.3 is 13.9 Å². The summed E-state index contributed by atoms with van der Waals surface area (Å²) in [6.07, 6.45) is 4.67. The first kappa shape index (κ1) is 17.1. The van der Waals surface area contributed by atoms with Gasteiger partial charge >= 0.3 is 0 Å². The Bertz CT molecular complexity index is 831. The molecule has 1 fully saturated rings. The number of hydrogen-bond donors (Lipinski definition) is 1. The zero-order valence-electron chi connectivity index (χ0n) is 15.2. The second kappa shape index (κ2) is 6.75. The van der Waals surface area contributed by atoms with E-state index in [0.29, 0.717) is 25.1 Å². The maximum atomic E-state index is 9.85. The molecule has 0 unspecified atom stereocenters. The number of hydrogen-bond acceptors (Lipinski definition) is 5. The maximum Gasteiger partial charge on any atom is 0.291 e. The summed E-state index contributed by atoms with van der Waals surface area (Å²) in [7, 11) is 0. The average Bonchev–Trinajstić information content (AvgIpc) is 3.31. The van der Waals surface area contributed by atoms with Crippen molar-refractivity contribution in [3.8, 4) is 17.5 Å². The minimum atomic E-state index is -0.299. The molecule has 2 aromatic rings. The van der Waals surface area contributed by atoms with Gasteiger partial charge in [-0.1, -0.05) is 0 Å². The standard InChI is InChI=1S/C20H23N3O3/c1-20(2)9-14-15(10-21)19(22-11-13-5-3-7-24-13)23-18(16(14)12-26-20)17-6-4-8-25-17/h4,6,8,13H,3,5,7,9,11-12H2,1-2H3,(H,22,23)/p+1/t13-/m1/s1. The second-order valence-corrected chi connectivity index (χ2v) is 7.54. The van der Waals surface area contributed by atoms with E-state index < -0.39 is 0 Å². The number of fused-ring (bicyclic) bond motifs is 1. The lowest BCUT2D eigenvalue weighted by atomic mass is 9.87. The van der Waals surface area contributed by atoms with Gasteiger partial charge in [-0.2, -0.15) is 5.26 Å². The van der Waals surface area contributed by atoms with Crippen LogP contribution in [0.25, 0.3) is 11.5 Å². The summed E-state index contributed by atoms with van der Waals surface area (Å²) in [5.41, 5.74) is 3.26. The monoisotopic (exact) mass is 354 g/mol. The first-order valence-corrected chi connectivity index (χ1v) is 9.12. The van der Waals surface area contributed by atoms with Crippen LogP contribution >= 0.6 is 0 Å². The highest BCUT2D eigenvalue weighted by atomic mass is 16.5. The third kappa shape index (κ3) is 3.20. The number of aromatic amines is 1. The van der Waals surface area contributed by atoms with Crippen molar-refractivity contribution in [2.45, 2.75) is 51.4 Å². The van der Waals surface area contributed by atoms with Crippen LogP contribution in [0.5, 0.6) is 0 Å². The molecule has 0 radical (unpaired) electrons. The zero-order chi connectivity index (χ0) is 18.1. The van der Waals surface area contributed by atoms with E-state index in [9.17, 15) is 5.26 Å². The van der Waals surface area contributed by atoms with Crippen molar-refractivity contribution >= 4 is 5.82 Å². The Hall–Kier alpha value is -2.36. The number of nitriles is 1. The van der Waals surface area contributed by atoms with Crippen LogP contribution in [0, 0.1) is 11.3 Å². The Morgan fingerprint density at radius 2 is 2.27 bits per heavy atom. The number of anilines is 1. The maximum absolute atomic E-state index is 9.85. The van der Waals surface area contributed by atoms with Crippen molar-refractivity contribution in [3.63, 3.8) is 0 Å². The lowest BCUT2D eigenvalue weighted by Crippen LogP contribution is -2.35. The fraction of sp³-hybridized carbons (Fsp3) is 0.500. The number of furan rings is 1. The molecule has 4 heterocycles. The van der Waals surface area contributed by atoms with Gasteiger partial charge in [-0.15, -0.1) is 0 Å². The largest absolute Gasteiger partial charge is 0.461 e. The molecule has 0 aliphatic carbocycles. The first-order chi connectivity index (χ1) is 12.6. The molecule has 2 aliphatic heterocycles. The van der Waals surface area contributed by atoms with Crippen LogP contribution in [0.1, 0.15) is 43.4 Å². The fourth-order valence-electron chi connectivity index (χ4n) is 3.72. The van der Waals surface area contributed by atoms with E-state index in [1.54, 1.807) is 6.26 Å². The number of ether oxygens (including phenoxy) is 2. The highest BCUT2D eigenvalue weighted by Crippen LogP contribution is 2.36. The molecule has 2 N–H and O–H groups in total. The summed E-state index contributed by atoms with van der Waals surface area (Å²) in [5.74, 6) is 1.47. The van der Waals surface area contributed by atoms with E-state index in [-0.39, 0.29) is 11.7 Å². The summed E-state index contributed by atoms with van der Waals surface area (Å²) in [6, 6.07) is 6.17. The topological polar surface area (TPSA) is 81.6 Å². The van der Waals surface area contributed by atoms with Gasteiger partial charge in [-0.3, -0.25) is 5.32 Å². The van der Waals surface area contributed by atoms with Crippen LogP contribution in [-0.4, -0.2) is 24.9 Å². The predicted octanol–water partition coefficient (Wildman–Crippen LogP) is 3.07. The SMILES string of the molecule is CC1(C)Cc2c(C#N)c(NC[C@H]3CCCO3)[nH+]c(-c3ccco3)c2CO1. The molecule has 2 aromatic heterocycles. The Kier molecular flexibility index (Phi) is 4.43. The van der Waals surface area contributed by atoms with Gasteiger partial charge in [-0.25, -0.2) is 4.98 Å². The molecule has 0 bridgehead atoms. The summed E-state index contributed by atoms with van der Waals surface area (Å²) in [6.45, 7) is 6.06. The normalized spacial score (nSPS) is 21.2. The van der Waals surface area contributed by atoms with Crippen LogP contribution in [-0.2, 0) is 22.5 Å². The lowest BCUT2D eigenvalue weighted by Gasteiger charge is -2.32. The van der Waals surface area contributed by atoms with Gasteiger partial charge in [0, 0.05) is 18.6 Å². The van der Waals surface area contributed by atoms with Gasteiger partial charge in [0.15, 0.2) is 11.5 Å². The molecule has 1 saturated heterocycles. The van der Waals surface area contributed by atoms with E-state index in [1.807, 2.05) is 12.1 Å². The van der Waals surface area contributed by atoms with Crippen molar-refractivity contribution in [1.29, 1.82) is 5.26 Å². The Balaban J connectivity index is 1.77. The van der Waals surface area contributed by atoms with Crippen molar-refractivity contribution in [1.82, 2.24) is 0 Å². The highest BCUT2D eigenvalue weighted by molar-refractivity contribution is 5.64. The number of aromatic nitrogens is 1. The van der Waals surface area contributed by atoms with Crippen LogP contribution in [0.2, 0.25) is 0 Å². The minimum Gasteiger partial charge on any atom is -0.461 e. The fourth-order valence-corrected chi connectivity index (χ4v) is 3.72. The lowest BCUT2D eigenvalue weighted by molar-refractivity contribution is -0.350. The van der Waals surface area contributed by atoms with E-state index in [0.717, 1.165) is 47.8 Å². The van der Waals surface area contributed by atoms with Crippen molar-refractivity contribution in [3.05, 3.63) is 35.1 Å². The Morgan fingerprint density at radius 3 is 2.96 bits per heavy atom. The number of H-pyrrole nitrogens is 1. The molecule has 6 heteroatoms. The molecule has 0 saturated carbocycles. The Labute approximate surface area is 153 Å². The second-order valence-electron chi connectivity index (χ2n) is 7.54. The third-order valence-electron chi connectivity index (χ3n) is 5.09. The van der Waals surface area contributed by atoms with E-state index in [2.05, 4.69) is 30.2 Å². The summed E-state index contributed by atoms with van der Waals surface area (Å²) in [4.78, 5) is 3.38. The van der Waals surface area contributed by atoms with Gasteiger partial charge in [0.2, 0.25) is 0 Å². The molecule has 0 aromatic carbocycles. The predicted molar refractivity (Wildman–Crippen MR) is 95.5 cm³/mol. The molecule has 2 aliphatic rings. The Morgan fingerprint density at radius 1 is 1.38 bits per heavy atom. The smallest absolute Gasteiger partial charge is 0.291 e. The highest BCUT2D eigenvalue weighted by Gasteiger charge is 2.35. The quantitative estimate of drug-likeness (QED) is 0.912. The molecule has 4 rings (SSSR count). The average molecular weight is 354 g/mol. The van der Waals surface area contributed by atoms with Gasteiger partial charge in [0.1, 0.15) is 18.2 Å². The molecular formula is C20H24N3O3+. The number of rotatable bonds is 4. The molecule has 0 spiro atoms. The first-order valence-electron chi connectivity index (χ1n) is 9.12. The molecule has 0 amide bonds. The van der Waals surface area contributed by atoms with Crippen LogP contribution in [0.4, 0.5) is 5.82 Å². The van der Waals surface area contributed by atoms with E-state index >= 15 is 0 Å².